The van der Waals surface area contributed by atoms with Gasteiger partial charge in [0, 0.05) is 12.1 Å². The highest BCUT2D eigenvalue weighted by molar-refractivity contribution is 7.99. The lowest BCUT2D eigenvalue weighted by atomic mass is 10.1. The number of aromatic nitrogens is 3. The molecule has 1 heterocycles. The molecule has 8 nitrogen and oxygen atoms in total. The first-order valence-corrected chi connectivity index (χ1v) is 9.28. The second kappa shape index (κ2) is 9.33. The van der Waals surface area contributed by atoms with Crippen LogP contribution in [0.15, 0.2) is 28.2 Å². The molecule has 26 heavy (non-hydrogen) atoms. The molecule has 0 radical (unpaired) electrons. The van der Waals surface area contributed by atoms with Crippen LogP contribution in [0.2, 0.25) is 0 Å². The van der Waals surface area contributed by atoms with E-state index >= 15 is 0 Å². The van der Waals surface area contributed by atoms with Crippen molar-refractivity contribution in [2.45, 2.75) is 38.0 Å². The van der Waals surface area contributed by atoms with Gasteiger partial charge in [0.1, 0.15) is 11.5 Å². The fourth-order valence-corrected chi connectivity index (χ4v) is 3.29. The third-order valence-corrected chi connectivity index (χ3v) is 4.76. The van der Waals surface area contributed by atoms with E-state index in [0.717, 1.165) is 12.0 Å². The van der Waals surface area contributed by atoms with Crippen molar-refractivity contribution < 1.29 is 14.3 Å². The minimum absolute atomic E-state index is 0.157. The van der Waals surface area contributed by atoms with Crippen molar-refractivity contribution in [3.63, 3.8) is 0 Å². The summed E-state index contributed by atoms with van der Waals surface area (Å²) in [5.41, 5.74) is 0.567. The predicted octanol–water partition coefficient (Wildman–Crippen LogP) is 1.97. The lowest BCUT2D eigenvalue weighted by Gasteiger charge is -2.18. The molecular weight excluding hydrogens is 356 g/mol. The van der Waals surface area contributed by atoms with Crippen molar-refractivity contribution in [3.05, 3.63) is 34.2 Å². The number of carbonyl (C=O) groups excluding carboxylic acids is 1. The summed E-state index contributed by atoms with van der Waals surface area (Å²) in [6.07, 6.45) is 0.811. The van der Waals surface area contributed by atoms with Gasteiger partial charge in [-0.25, -0.2) is 9.89 Å². The van der Waals surface area contributed by atoms with Gasteiger partial charge in [-0.1, -0.05) is 18.7 Å². The number of carbonyl (C=O) groups is 1. The average Bonchev–Trinajstić information content (AvgIpc) is 2.99. The molecule has 0 spiro atoms. The van der Waals surface area contributed by atoms with Crippen LogP contribution >= 0.6 is 11.8 Å². The monoisotopic (exact) mass is 380 g/mol. The molecule has 0 fully saturated rings. The molecule has 0 aliphatic rings. The molecular formula is C17H24N4O4S. The van der Waals surface area contributed by atoms with Crippen molar-refractivity contribution in [3.8, 4) is 11.5 Å². The molecule has 0 saturated carbocycles. The Morgan fingerprint density at radius 3 is 2.81 bits per heavy atom. The van der Waals surface area contributed by atoms with Crippen LogP contribution in [0.3, 0.4) is 0 Å². The van der Waals surface area contributed by atoms with Crippen molar-refractivity contribution in [2.24, 2.45) is 0 Å². The van der Waals surface area contributed by atoms with E-state index in [0.29, 0.717) is 23.2 Å². The second-order valence-corrected chi connectivity index (χ2v) is 6.59. The van der Waals surface area contributed by atoms with Crippen molar-refractivity contribution in [2.75, 3.05) is 20.0 Å². The topological polar surface area (TPSA) is 98.2 Å². The minimum atomic E-state index is -0.260. The molecule has 0 aliphatic carbocycles. The Bertz CT molecular complexity index is 802. The van der Waals surface area contributed by atoms with Gasteiger partial charge in [-0.05, 0) is 31.5 Å². The number of aromatic amines is 1. The van der Waals surface area contributed by atoms with Crippen molar-refractivity contribution in [1.82, 2.24) is 20.1 Å². The highest BCUT2D eigenvalue weighted by Gasteiger charge is 2.16. The van der Waals surface area contributed by atoms with Crippen molar-refractivity contribution >= 4 is 17.7 Å². The molecule has 0 saturated heterocycles. The Kier molecular flexibility index (Phi) is 7.14. The van der Waals surface area contributed by atoms with Gasteiger partial charge in [0.25, 0.3) is 0 Å². The number of hydrogen-bond donors (Lipinski definition) is 2. The molecule has 0 aliphatic heterocycles. The predicted molar refractivity (Wildman–Crippen MR) is 100.0 cm³/mol. The fraction of sp³-hybridized carbons (Fsp3) is 0.471. The Morgan fingerprint density at radius 2 is 2.15 bits per heavy atom. The van der Waals surface area contributed by atoms with Crippen LogP contribution in [0, 0.1) is 0 Å². The number of rotatable bonds is 9. The quantitative estimate of drug-likeness (QED) is 0.646. The standard InChI is InChI=1S/C17H24N4O4S/c1-5-8-21-16(23)19-20-17(21)26-10-15(22)18-11(2)13-9-12(24-3)6-7-14(13)25-4/h6-7,9,11H,5,8,10H2,1-4H3,(H,18,22)(H,19,23)/t11-/m0/s1. The second-order valence-electron chi connectivity index (χ2n) is 5.65. The maximum Gasteiger partial charge on any atom is 0.343 e. The molecule has 142 valence electrons. The highest BCUT2D eigenvalue weighted by Crippen LogP contribution is 2.29. The van der Waals surface area contributed by atoms with Gasteiger partial charge in [-0.15, -0.1) is 5.10 Å². The van der Waals surface area contributed by atoms with E-state index < -0.39 is 0 Å². The fourth-order valence-electron chi connectivity index (χ4n) is 2.50. The van der Waals surface area contributed by atoms with E-state index in [4.69, 9.17) is 9.47 Å². The zero-order chi connectivity index (χ0) is 19.1. The molecule has 1 amide bonds. The number of thioether (sulfide) groups is 1. The summed E-state index contributed by atoms with van der Waals surface area (Å²) in [5, 5.41) is 9.82. The van der Waals surface area contributed by atoms with Crippen LogP contribution in [0.5, 0.6) is 11.5 Å². The van der Waals surface area contributed by atoms with Gasteiger partial charge in [-0.3, -0.25) is 9.36 Å². The van der Waals surface area contributed by atoms with E-state index in [1.54, 1.807) is 26.4 Å². The Morgan fingerprint density at radius 1 is 1.38 bits per heavy atom. The van der Waals surface area contributed by atoms with Crippen LogP contribution < -0.4 is 20.5 Å². The molecule has 1 atom stereocenters. The normalized spacial score (nSPS) is 11.8. The van der Waals surface area contributed by atoms with E-state index in [1.165, 1.54) is 16.3 Å². The van der Waals surface area contributed by atoms with Gasteiger partial charge in [0.05, 0.1) is 26.0 Å². The number of amides is 1. The van der Waals surface area contributed by atoms with Gasteiger partial charge in [-0.2, -0.15) is 0 Å². The molecule has 0 bridgehead atoms. The number of nitrogens with zero attached hydrogens (tertiary/aromatic N) is 2. The first kappa shape index (κ1) is 19.9. The first-order chi connectivity index (χ1) is 12.5. The van der Waals surface area contributed by atoms with E-state index in [-0.39, 0.29) is 23.4 Å². The largest absolute Gasteiger partial charge is 0.497 e. The van der Waals surface area contributed by atoms with Gasteiger partial charge in [0.15, 0.2) is 5.16 Å². The molecule has 2 N–H and O–H groups in total. The summed E-state index contributed by atoms with van der Waals surface area (Å²) >= 11 is 1.22. The zero-order valence-corrected chi connectivity index (χ0v) is 16.2. The summed E-state index contributed by atoms with van der Waals surface area (Å²) in [4.78, 5) is 24.0. The molecule has 2 rings (SSSR count). The SMILES string of the molecule is CCCn1c(SCC(=O)N[C@@H](C)c2cc(OC)ccc2OC)n[nH]c1=O. The van der Waals surface area contributed by atoms with E-state index in [9.17, 15) is 9.59 Å². The third kappa shape index (κ3) is 4.81. The lowest BCUT2D eigenvalue weighted by Crippen LogP contribution is -2.28. The number of benzene rings is 1. The van der Waals surface area contributed by atoms with Crippen LogP contribution in [0.1, 0.15) is 31.9 Å². The van der Waals surface area contributed by atoms with Crippen LogP contribution in [0.4, 0.5) is 0 Å². The maximum atomic E-state index is 12.3. The molecule has 2 aromatic rings. The summed E-state index contributed by atoms with van der Waals surface area (Å²) in [5.74, 6) is 1.36. The number of hydrogen-bond acceptors (Lipinski definition) is 6. The van der Waals surface area contributed by atoms with E-state index in [2.05, 4.69) is 15.5 Å². The molecule has 1 aromatic carbocycles. The Balaban J connectivity index is 2.01. The number of nitrogens with one attached hydrogen (secondary N) is 2. The van der Waals surface area contributed by atoms with Crippen LogP contribution in [-0.4, -0.2) is 40.6 Å². The van der Waals surface area contributed by atoms with Gasteiger partial charge in [0.2, 0.25) is 5.91 Å². The highest BCUT2D eigenvalue weighted by atomic mass is 32.2. The minimum Gasteiger partial charge on any atom is -0.497 e. The van der Waals surface area contributed by atoms with Crippen LogP contribution in [0.25, 0.3) is 0 Å². The number of methoxy groups -OCH3 is 2. The summed E-state index contributed by atoms with van der Waals surface area (Å²) < 4.78 is 12.1. The van der Waals surface area contributed by atoms with E-state index in [1.807, 2.05) is 19.9 Å². The summed E-state index contributed by atoms with van der Waals surface area (Å²) in [6, 6.07) is 5.18. The van der Waals surface area contributed by atoms with Crippen LogP contribution in [-0.2, 0) is 11.3 Å². The van der Waals surface area contributed by atoms with Crippen molar-refractivity contribution in [1.29, 1.82) is 0 Å². The Labute approximate surface area is 156 Å². The zero-order valence-electron chi connectivity index (χ0n) is 15.4. The maximum absolute atomic E-state index is 12.3. The molecule has 9 heteroatoms. The molecule has 0 unspecified atom stereocenters. The smallest absolute Gasteiger partial charge is 0.343 e. The lowest BCUT2D eigenvalue weighted by molar-refractivity contribution is -0.119. The average molecular weight is 380 g/mol. The number of H-pyrrole nitrogens is 1. The summed E-state index contributed by atoms with van der Waals surface area (Å²) in [6.45, 7) is 4.42. The third-order valence-electron chi connectivity index (χ3n) is 3.78. The molecule has 1 aromatic heterocycles. The Hall–Kier alpha value is -2.42. The first-order valence-electron chi connectivity index (χ1n) is 8.29. The van der Waals surface area contributed by atoms with Gasteiger partial charge < -0.3 is 14.8 Å². The summed E-state index contributed by atoms with van der Waals surface area (Å²) in [7, 11) is 3.17. The number of ether oxygens (including phenoxy) is 2. The van der Waals surface area contributed by atoms with Gasteiger partial charge >= 0.3 is 5.69 Å².